The van der Waals surface area contributed by atoms with Crippen LogP contribution in [0, 0.1) is 11.3 Å². The Morgan fingerprint density at radius 3 is 2.60 bits per heavy atom. The molecule has 0 radical (unpaired) electrons. The Balaban J connectivity index is 2.55. The Morgan fingerprint density at radius 1 is 1.40 bits per heavy atom. The van der Waals surface area contributed by atoms with Gasteiger partial charge in [-0.15, -0.1) is 0 Å². The number of hydrogen-bond donors (Lipinski definition) is 1. The fourth-order valence-electron chi connectivity index (χ4n) is 2.51. The number of allylic oxidation sites excluding steroid dienone is 1. The lowest BCUT2D eigenvalue weighted by atomic mass is 9.64. The maximum atomic E-state index is 11.7. The van der Waals surface area contributed by atoms with Crippen LogP contribution in [0.3, 0.4) is 0 Å². The van der Waals surface area contributed by atoms with Crippen LogP contribution < -0.4 is 0 Å². The van der Waals surface area contributed by atoms with Crippen molar-refractivity contribution in [3.05, 3.63) is 11.8 Å². The number of carbonyl (C=O) groups is 2. The standard InChI is InChI=1S/C11H14O4/c1-10(2)6-4-9(14)15-11(6,3)8(13)5-7(10)12/h5-6,12H,4H2,1-3H3/t6-,11-/m1/s1. The van der Waals surface area contributed by atoms with Crippen molar-refractivity contribution in [2.24, 2.45) is 11.3 Å². The number of hydrogen-bond acceptors (Lipinski definition) is 4. The third-order valence-corrected chi connectivity index (χ3v) is 3.65. The summed E-state index contributed by atoms with van der Waals surface area (Å²) >= 11 is 0. The Hall–Kier alpha value is -1.32. The van der Waals surface area contributed by atoms with E-state index in [1.54, 1.807) is 6.92 Å². The smallest absolute Gasteiger partial charge is 0.307 e. The topological polar surface area (TPSA) is 63.6 Å². The van der Waals surface area contributed by atoms with Gasteiger partial charge in [-0.1, -0.05) is 13.8 Å². The second-order valence-electron chi connectivity index (χ2n) is 4.95. The Morgan fingerprint density at radius 2 is 2.00 bits per heavy atom. The number of carbonyl (C=O) groups excluding carboxylic acids is 2. The maximum absolute atomic E-state index is 11.7. The van der Waals surface area contributed by atoms with Crippen molar-refractivity contribution in [1.29, 1.82) is 0 Å². The highest BCUT2D eigenvalue weighted by molar-refractivity contribution is 6.01. The first-order chi connectivity index (χ1) is 6.78. The Labute approximate surface area is 87.9 Å². The Kier molecular flexibility index (Phi) is 1.78. The van der Waals surface area contributed by atoms with Gasteiger partial charge >= 0.3 is 5.97 Å². The predicted octanol–water partition coefficient (Wildman–Crippen LogP) is 1.36. The number of aliphatic hydroxyl groups excluding tert-OH is 1. The summed E-state index contributed by atoms with van der Waals surface area (Å²) in [5, 5.41) is 9.73. The minimum atomic E-state index is -1.09. The highest BCUT2D eigenvalue weighted by Gasteiger charge is 2.59. The fraction of sp³-hybridized carbons (Fsp3) is 0.636. The normalized spacial score (nSPS) is 38.3. The molecule has 4 nitrogen and oxygen atoms in total. The lowest BCUT2D eigenvalue weighted by Gasteiger charge is -2.41. The molecule has 1 aliphatic heterocycles. The zero-order valence-corrected chi connectivity index (χ0v) is 9.03. The van der Waals surface area contributed by atoms with Gasteiger partial charge in [-0.05, 0) is 6.92 Å². The number of ether oxygens (including phenoxy) is 1. The summed E-state index contributed by atoms with van der Waals surface area (Å²) in [6, 6.07) is 0. The summed E-state index contributed by atoms with van der Waals surface area (Å²) in [5.74, 6) is -0.939. The maximum Gasteiger partial charge on any atom is 0.307 e. The van der Waals surface area contributed by atoms with Gasteiger partial charge < -0.3 is 9.84 Å². The minimum Gasteiger partial charge on any atom is -0.512 e. The van der Waals surface area contributed by atoms with Crippen molar-refractivity contribution in [3.63, 3.8) is 0 Å². The molecule has 1 saturated heterocycles. The fourth-order valence-corrected chi connectivity index (χ4v) is 2.51. The van der Waals surface area contributed by atoms with Crippen molar-refractivity contribution in [2.75, 3.05) is 0 Å². The third-order valence-electron chi connectivity index (χ3n) is 3.65. The zero-order chi connectivity index (χ0) is 11.4. The molecule has 0 unspecified atom stereocenters. The number of rotatable bonds is 0. The highest BCUT2D eigenvalue weighted by Crippen LogP contribution is 2.51. The van der Waals surface area contributed by atoms with Gasteiger partial charge in [0.05, 0.1) is 6.42 Å². The highest BCUT2D eigenvalue weighted by atomic mass is 16.6. The average molecular weight is 210 g/mol. The van der Waals surface area contributed by atoms with Crippen LogP contribution in [0.5, 0.6) is 0 Å². The molecule has 15 heavy (non-hydrogen) atoms. The number of ketones is 1. The molecule has 0 saturated carbocycles. The van der Waals surface area contributed by atoms with E-state index in [2.05, 4.69) is 0 Å². The molecular formula is C11H14O4. The average Bonchev–Trinajstić information content (AvgIpc) is 2.41. The van der Waals surface area contributed by atoms with Gasteiger partial charge in [-0.3, -0.25) is 9.59 Å². The SMILES string of the molecule is CC1(C)C(O)=CC(=O)[C@]2(C)OC(=O)C[C@H]12. The summed E-state index contributed by atoms with van der Waals surface area (Å²) in [6.07, 6.45) is 1.36. The molecule has 1 heterocycles. The second-order valence-corrected chi connectivity index (χ2v) is 4.95. The van der Waals surface area contributed by atoms with Crippen molar-refractivity contribution < 1.29 is 19.4 Å². The van der Waals surface area contributed by atoms with Crippen LogP contribution in [0.25, 0.3) is 0 Å². The molecule has 0 spiro atoms. The van der Waals surface area contributed by atoms with Crippen molar-refractivity contribution in [2.45, 2.75) is 32.8 Å². The summed E-state index contributed by atoms with van der Waals surface area (Å²) in [4.78, 5) is 23.0. The van der Waals surface area contributed by atoms with E-state index < -0.39 is 11.0 Å². The molecule has 2 rings (SSSR count). The monoisotopic (exact) mass is 210 g/mol. The van der Waals surface area contributed by atoms with E-state index >= 15 is 0 Å². The molecule has 4 heteroatoms. The van der Waals surface area contributed by atoms with Crippen LogP contribution in [-0.4, -0.2) is 22.5 Å². The van der Waals surface area contributed by atoms with E-state index in [9.17, 15) is 14.7 Å². The zero-order valence-electron chi connectivity index (χ0n) is 9.03. The second kappa shape index (κ2) is 2.62. The predicted molar refractivity (Wildman–Crippen MR) is 52.1 cm³/mol. The summed E-state index contributed by atoms with van der Waals surface area (Å²) in [6.45, 7) is 5.25. The van der Waals surface area contributed by atoms with Crippen LogP contribution >= 0.6 is 0 Å². The molecule has 2 aliphatic rings. The lowest BCUT2D eigenvalue weighted by Crippen LogP contribution is -2.50. The molecular weight excluding hydrogens is 196 g/mol. The van der Waals surface area contributed by atoms with Gasteiger partial charge in [0.2, 0.25) is 5.78 Å². The number of aliphatic hydroxyl groups is 1. The summed E-state index contributed by atoms with van der Waals surface area (Å²) in [7, 11) is 0. The molecule has 0 amide bonds. The molecule has 1 N–H and O–H groups in total. The van der Waals surface area contributed by atoms with Crippen LogP contribution in [0.2, 0.25) is 0 Å². The van der Waals surface area contributed by atoms with Crippen LogP contribution in [-0.2, 0) is 14.3 Å². The van der Waals surface area contributed by atoms with Gasteiger partial charge in [0.15, 0.2) is 5.60 Å². The van der Waals surface area contributed by atoms with E-state index in [-0.39, 0.29) is 29.9 Å². The van der Waals surface area contributed by atoms with Gasteiger partial charge in [0.25, 0.3) is 0 Å². The van der Waals surface area contributed by atoms with Gasteiger partial charge in [-0.25, -0.2) is 0 Å². The minimum absolute atomic E-state index is 0.0354. The van der Waals surface area contributed by atoms with Gasteiger partial charge in [0, 0.05) is 17.4 Å². The summed E-state index contributed by atoms with van der Waals surface area (Å²) in [5.41, 5.74) is -1.68. The molecule has 2 atom stereocenters. The van der Waals surface area contributed by atoms with E-state index in [4.69, 9.17) is 4.74 Å². The summed E-state index contributed by atoms with van der Waals surface area (Å²) < 4.78 is 5.10. The van der Waals surface area contributed by atoms with Crippen LogP contribution in [0.4, 0.5) is 0 Å². The third kappa shape index (κ3) is 1.14. The molecule has 0 bridgehead atoms. The molecule has 1 fully saturated rings. The number of esters is 1. The molecule has 1 aliphatic carbocycles. The quantitative estimate of drug-likeness (QED) is 0.613. The van der Waals surface area contributed by atoms with E-state index in [1.807, 2.05) is 13.8 Å². The van der Waals surface area contributed by atoms with Crippen LogP contribution in [0.1, 0.15) is 27.2 Å². The molecule has 0 aromatic rings. The molecule has 0 aromatic carbocycles. The van der Waals surface area contributed by atoms with Crippen molar-refractivity contribution in [1.82, 2.24) is 0 Å². The lowest BCUT2D eigenvalue weighted by molar-refractivity contribution is -0.158. The van der Waals surface area contributed by atoms with E-state index in [0.29, 0.717) is 0 Å². The van der Waals surface area contributed by atoms with E-state index in [0.717, 1.165) is 0 Å². The first-order valence-electron chi connectivity index (χ1n) is 4.96. The first-order valence-corrected chi connectivity index (χ1v) is 4.96. The number of fused-ring (bicyclic) bond motifs is 1. The molecule has 0 aromatic heterocycles. The first kappa shape index (κ1) is 10.2. The van der Waals surface area contributed by atoms with Gasteiger partial charge in [0.1, 0.15) is 5.76 Å². The molecule has 82 valence electrons. The van der Waals surface area contributed by atoms with E-state index in [1.165, 1.54) is 6.08 Å². The van der Waals surface area contributed by atoms with Gasteiger partial charge in [-0.2, -0.15) is 0 Å². The van der Waals surface area contributed by atoms with Crippen LogP contribution in [0.15, 0.2) is 11.8 Å². The van der Waals surface area contributed by atoms with Crippen molar-refractivity contribution >= 4 is 11.8 Å². The Bertz CT molecular complexity index is 380. The van der Waals surface area contributed by atoms with Crippen molar-refractivity contribution in [3.8, 4) is 0 Å². The largest absolute Gasteiger partial charge is 0.512 e.